The summed E-state index contributed by atoms with van der Waals surface area (Å²) >= 11 is 0. The van der Waals surface area contributed by atoms with Gasteiger partial charge in [0.2, 0.25) is 0 Å². The zero-order valence-corrected chi connectivity index (χ0v) is 10.7. The SMILES string of the molecule is CCc1[c-]cccc1CC.[Br-].[Mg+2]. The predicted molar refractivity (Wildman–Crippen MR) is 49.8 cm³/mol. The molecule has 0 saturated heterocycles. The first-order valence-electron chi connectivity index (χ1n) is 3.87. The largest absolute Gasteiger partial charge is 2.00 e. The molecule has 0 nitrogen and oxygen atoms in total. The van der Waals surface area contributed by atoms with E-state index in [0.717, 1.165) is 12.8 Å². The fourth-order valence-corrected chi connectivity index (χ4v) is 1.17. The molecule has 1 aromatic rings. The van der Waals surface area contributed by atoms with Crippen LogP contribution in [0.3, 0.4) is 0 Å². The summed E-state index contributed by atoms with van der Waals surface area (Å²) in [4.78, 5) is 0. The molecule has 0 aromatic heterocycles. The van der Waals surface area contributed by atoms with Crippen LogP contribution in [0.25, 0.3) is 0 Å². The number of hydrogen-bond donors (Lipinski definition) is 0. The molecule has 1 aromatic carbocycles. The van der Waals surface area contributed by atoms with Gasteiger partial charge in [-0.2, -0.15) is 35.4 Å². The topological polar surface area (TPSA) is 0 Å². The summed E-state index contributed by atoms with van der Waals surface area (Å²) in [6.07, 6.45) is 2.23. The Kier molecular flexibility index (Phi) is 10.1. The fourth-order valence-electron chi connectivity index (χ4n) is 1.17. The Morgan fingerprint density at radius 2 is 1.92 bits per heavy atom. The van der Waals surface area contributed by atoms with Gasteiger partial charge >= 0.3 is 23.1 Å². The Labute approximate surface area is 102 Å². The molecular formula is C10H13BrMg. The second-order valence-corrected chi connectivity index (χ2v) is 2.38. The van der Waals surface area contributed by atoms with Gasteiger partial charge < -0.3 is 17.0 Å². The van der Waals surface area contributed by atoms with E-state index < -0.39 is 0 Å². The molecule has 0 aliphatic carbocycles. The van der Waals surface area contributed by atoms with Gasteiger partial charge in [0, 0.05) is 0 Å². The molecule has 62 valence electrons. The van der Waals surface area contributed by atoms with Crippen molar-refractivity contribution in [2.24, 2.45) is 0 Å². The van der Waals surface area contributed by atoms with Crippen LogP contribution < -0.4 is 17.0 Å². The maximum absolute atomic E-state index is 3.24. The molecule has 0 atom stereocenters. The van der Waals surface area contributed by atoms with Crippen LogP contribution in [0, 0.1) is 6.07 Å². The van der Waals surface area contributed by atoms with E-state index in [9.17, 15) is 0 Å². The molecule has 0 unspecified atom stereocenters. The maximum Gasteiger partial charge on any atom is 2.00 e. The summed E-state index contributed by atoms with van der Waals surface area (Å²) in [5.41, 5.74) is 2.80. The Balaban J connectivity index is 0. The van der Waals surface area contributed by atoms with Crippen molar-refractivity contribution in [3.8, 4) is 0 Å². The minimum Gasteiger partial charge on any atom is -1.00 e. The molecule has 0 saturated carbocycles. The summed E-state index contributed by atoms with van der Waals surface area (Å²) in [5.74, 6) is 0. The van der Waals surface area contributed by atoms with Crippen molar-refractivity contribution in [3.63, 3.8) is 0 Å². The third kappa shape index (κ3) is 3.92. The number of rotatable bonds is 2. The van der Waals surface area contributed by atoms with Gasteiger partial charge in [-0.3, -0.25) is 0 Å². The Morgan fingerprint density at radius 1 is 1.25 bits per heavy atom. The van der Waals surface area contributed by atoms with Crippen molar-refractivity contribution in [3.05, 3.63) is 35.4 Å². The quantitative estimate of drug-likeness (QED) is 0.468. The first kappa shape index (κ1) is 15.0. The number of benzene rings is 1. The van der Waals surface area contributed by atoms with E-state index in [1.54, 1.807) is 0 Å². The zero-order chi connectivity index (χ0) is 7.40. The Bertz CT molecular complexity index is 188. The molecule has 0 aliphatic heterocycles. The molecule has 0 bridgehead atoms. The molecule has 1 rings (SSSR count). The van der Waals surface area contributed by atoms with E-state index in [4.69, 9.17) is 0 Å². The third-order valence-corrected chi connectivity index (χ3v) is 1.77. The first-order valence-corrected chi connectivity index (χ1v) is 3.87. The van der Waals surface area contributed by atoms with Gasteiger partial charge in [-0.15, -0.1) is 0 Å². The smallest absolute Gasteiger partial charge is 1.00 e. The van der Waals surface area contributed by atoms with Gasteiger partial charge in [0.1, 0.15) is 0 Å². The summed E-state index contributed by atoms with van der Waals surface area (Å²) in [5, 5.41) is 0. The van der Waals surface area contributed by atoms with E-state index >= 15 is 0 Å². The van der Waals surface area contributed by atoms with Crippen LogP contribution >= 0.6 is 0 Å². The monoisotopic (exact) mass is 236 g/mol. The molecule has 0 fully saturated rings. The Hall–Kier alpha value is 0.466. The fraction of sp³-hybridized carbons (Fsp3) is 0.400. The first-order chi connectivity index (χ1) is 4.88. The van der Waals surface area contributed by atoms with E-state index in [-0.39, 0.29) is 40.0 Å². The standard InChI is InChI=1S/C10H13.BrH.Mg/c1-3-9-7-5-6-8-10(9)4-2;;/h5-7H,3-4H2,1-2H3;1H;/q-1;;+2/p-1. The average Bonchev–Trinajstić information content (AvgIpc) is 2.04. The molecule has 0 radical (unpaired) electrons. The van der Waals surface area contributed by atoms with Gasteiger partial charge in [0.25, 0.3) is 0 Å². The van der Waals surface area contributed by atoms with Crippen LogP contribution in [-0.2, 0) is 12.8 Å². The summed E-state index contributed by atoms with van der Waals surface area (Å²) in [7, 11) is 0. The molecule has 12 heavy (non-hydrogen) atoms. The predicted octanol–water partition coefficient (Wildman–Crippen LogP) is -0.765. The average molecular weight is 237 g/mol. The number of halogens is 1. The molecular weight excluding hydrogens is 224 g/mol. The van der Waals surface area contributed by atoms with Crippen LogP contribution in [0.15, 0.2) is 18.2 Å². The van der Waals surface area contributed by atoms with Crippen LogP contribution in [0.5, 0.6) is 0 Å². The molecule has 2 heteroatoms. The van der Waals surface area contributed by atoms with Crippen LogP contribution in [0.4, 0.5) is 0 Å². The Morgan fingerprint density at radius 3 is 2.33 bits per heavy atom. The normalized spacial score (nSPS) is 8.17. The van der Waals surface area contributed by atoms with Crippen molar-refractivity contribution in [1.82, 2.24) is 0 Å². The van der Waals surface area contributed by atoms with Gasteiger partial charge in [0.15, 0.2) is 0 Å². The van der Waals surface area contributed by atoms with Crippen molar-refractivity contribution in [2.75, 3.05) is 0 Å². The van der Waals surface area contributed by atoms with Crippen molar-refractivity contribution in [2.45, 2.75) is 26.7 Å². The molecule has 0 spiro atoms. The van der Waals surface area contributed by atoms with Gasteiger partial charge in [-0.05, 0) is 0 Å². The number of aryl methyl sites for hydroxylation is 2. The van der Waals surface area contributed by atoms with Gasteiger partial charge in [-0.1, -0.05) is 26.7 Å². The van der Waals surface area contributed by atoms with E-state index in [2.05, 4.69) is 32.0 Å². The van der Waals surface area contributed by atoms with Crippen molar-refractivity contribution in [1.29, 1.82) is 0 Å². The molecule has 0 aliphatic rings. The van der Waals surface area contributed by atoms with Crippen molar-refractivity contribution < 1.29 is 17.0 Å². The minimum atomic E-state index is 0. The van der Waals surface area contributed by atoms with Crippen LogP contribution in [-0.4, -0.2) is 23.1 Å². The maximum atomic E-state index is 3.24. The van der Waals surface area contributed by atoms with Crippen LogP contribution in [0.1, 0.15) is 25.0 Å². The van der Waals surface area contributed by atoms with Crippen molar-refractivity contribution >= 4 is 23.1 Å². The summed E-state index contributed by atoms with van der Waals surface area (Å²) < 4.78 is 0. The molecule has 0 heterocycles. The second kappa shape index (κ2) is 8.08. The van der Waals surface area contributed by atoms with E-state index in [1.165, 1.54) is 11.1 Å². The minimum absolute atomic E-state index is 0. The molecule has 0 amide bonds. The zero-order valence-electron chi connectivity index (χ0n) is 7.73. The van der Waals surface area contributed by atoms with Gasteiger partial charge in [0.05, 0.1) is 0 Å². The van der Waals surface area contributed by atoms with E-state index in [0.29, 0.717) is 0 Å². The molecule has 0 N–H and O–H groups in total. The second-order valence-electron chi connectivity index (χ2n) is 2.38. The summed E-state index contributed by atoms with van der Waals surface area (Å²) in [6, 6.07) is 9.45. The number of hydrogen-bond acceptors (Lipinski definition) is 0. The van der Waals surface area contributed by atoms with Crippen LogP contribution in [0.2, 0.25) is 0 Å². The van der Waals surface area contributed by atoms with E-state index in [1.807, 2.05) is 6.07 Å². The third-order valence-electron chi connectivity index (χ3n) is 1.77. The summed E-state index contributed by atoms with van der Waals surface area (Å²) in [6.45, 7) is 4.35. The van der Waals surface area contributed by atoms with Gasteiger partial charge in [-0.25, -0.2) is 0 Å².